The van der Waals surface area contributed by atoms with E-state index in [1.807, 2.05) is 0 Å². The highest BCUT2D eigenvalue weighted by molar-refractivity contribution is 7.47. The van der Waals surface area contributed by atoms with Gasteiger partial charge in [0.2, 0.25) is 0 Å². The van der Waals surface area contributed by atoms with E-state index < -0.39 is 97.5 Å². The van der Waals surface area contributed by atoms with Gasteiger partial charge >= 0.3 is 39.5 Å². The topological polar surface area (TPSA) is 237 Å². The fraction of sp³-hybridized carbons (Fsp3) is 0.951. The fourth-order valence-corrected chi connectivity index (χ4v) is 14.3. The molecule has 2 unspecified atom stereocenters. The number of aliphatic hydroxyl groups is 1. The molecule has 3 N–H and O–H groups in total. The second-order valence-corrected chi connectivity index (χ2v) is 32.9. The van der Waals surface area contributed by atoms with Crippen molar-refractivity contribution in [2.24, 2.45) is 5.92 Å². The van der Waals surface area contributed by atoms with Crippen molar-refractivity contribution in [2.75, 3.05) is 39.6 Å². The van der Waals surface area contributed by atoms with Gasteiger partial charge in [-0.05, 0) is 31.6 Å². The van der Waals surface area contributed by atoms with E-state index in [-0.39, 0.29) is 25.7 Å². The average Bonchev–Trinajstić information content (AvgIpc) is 1.19. The van der Waals surface area contributed by atoms with Crippen LogP contribution in [0.1, 0.15) is 439 Å². The smallest absolute Gasteiger partial charge is 0.462 e. The molecule has 0 aromatic carbocycles. The van der Waals surface area contributed by atoms with Crippen LogP contribution in [0.5, 0.6) is 0 Å². The average molecular weight is 1480 g/mol. The minimum absolute atomic E-state index is 0.104. The molecule has 0 aromatic heterocycles. The molecule has 0 saturated carbocycles. The maximum absolute atomic E-state index is 13.1. The van der Waals surface area contributed by atoms with Crippen molar-refractivity contribution < 1.29 is 80.2 Å². The number of phosphoric acid groups is 2. The third-order valence-corrected chi connectivity index (χ3v) is 21.2. The van der Waals surface area contributed by atoms with Gasteiger partial charge in [0, 0.05) is 25.7 Å². The SMILES string of the molecule is CCCCCCCCCCCCCCCCCCCCCCCCC(=O)OC[C@H](COP(=O)(O)OC[C@@H](O)COP(=O)(O)OC[C@@H](COC(=O)CCCCCCCCC)OC(=O)CCCCCCCCCC(C)C)OC(=O)CCCCCCCCCCCCCCCCCCCCCCCC. The number of rotatable bonds is 82. The van der Waals surface area contributed by atoms with E-state index in [1.165, 1.54) is 250 Å². The lowest BCUT2D eigenvalue weighted by atomic mass is 10.0. The molecule has 0 aliphatic heterocycles. The summed E-state index contributed by atoms with van der Waals surface area (Å²) in [4.78, 5) is 72.8. The third-order valence-electron chi connectivity index (χ3n) is 19.3. The van der Waals surface area contributed by atoms with Gasteiger partial charge in [-0.15, -0.1) is 0 Å². The van der Waals surface area contributed by atoms with Crippen LogP contribution in [0.25, 0.3) is 0 Å². The molecule has 5 atom stereocenters. The van der Waals surface area contributed by atoms with Crippen LogP contribution in [-0.4, -0.2) is 96.7 Å². The molecule has 19 heteroatoms. The summed E-state index contributed by atoms with van der Waals surface area (Å²) in [6.07, 6.45) is 67.3. The predicted octanol–water partition coefficient (Wildman–Crippen LogP) is 24.8. The summed E-state index contributed by atoms with van der Waals surface area (Å²) in [5.74, 6) is -1.42. The summed E-state index contributed by atoms with van der Waals surface area (Å²) in [6.45, 7) is 7.21. The summed E-state index contributed by atoms with van der Waals surface area (Å²) in [7, 11) is -9.91. The highest BCUT2D eigenvalue weighted by Crippen LogP contribution is 2.45. The highest BCUT2D eigenvalue weighted by atomic mass is 31.2. The van der Waals surface area contributed by atoms with E-state index in [0.29, 0.717) is 31.6 Å². The zero-order valence-corrected chi connectivity index (χ0v) is 67.8. The van der Waals surface area contributed by atoms with E-state index in [9.17, 15) is 43.2 Å². The van der Waals surface area contributed by atoms with Gasteiger partial charge in [0.05, 0.1) is 26.4 Å². The minimum Gasteiger partial charge on any atom is -0.462 e. The van der Waals surface area contributed by atoms with Crippen LogP contribution in [0.4, 0.5) is 0 Å². The van der Waals surface area contributed by atoms with Gasteiger partial charge in [0.25, 0.3) is 0 Å². The van der Waals surface area contributed by atoms with Gasteiger partial charge in [-0.2, -0.15) is 0 Å². The van der Waals surface area contributed by atoms with E-state index in [0.717, 1.165) is 103 Å². The quantitative estimate of drug-likeness (QED) is 0.0222. The van der Waals surface area contributed by atoms with Crippen molar-refractivity contribution in [3.05, 3.63) is 0 Å². The molecule has 0 aromatic rings. The number of carbonyl (C=O) groups excluding carboxylic acids is 4. The van der Waals surface area contributed by atoms with Crippen LogP contribution >= 0.6 is 15.6 Å². The van der Waals surface area contributed by atoms with Gasteiger partial charge < -0.3 is 33.8 Å². The predicted molar refractivity (Wildman–Crippen MR) is 414 cm³/mol. The number of carbonyl (C=O) groups is 4. The first kappa shape index (κ1) is 99.1. The zero-order valence-electron chi connectivity index (χ0n) is 66.1. The van der Waals surface area contributed by atoms with Crippen molar-refractivity contribution >= 4 is 39.5 Å². The maximum Gasteiger partial charge on any atom is 0.472 e. The van der Waals surface area contributed by atoms with E-state index in [1.54, 1.807) is 0 Å². The zero-order chi connectivity index (χ0) is 74.1. The molecule has 0 radical (unpaired) electrons. The van der Waals surface area contributed by atoms with Crippen LogP contribution in [0.15, 0.2) is 0 Å². The number of aliphatic hydroxyl groups excluding tert-OH is 1. The summed E-state index contributed by atoms with van der Waals surface area (Å²) < 4.78 is 68.5. The van der Waals surface area contributed by atoms with Crippen molar-refractivity contribution in [1.82, 2.24) is 0 Å². The lowest BCUT2D eigenvalue weighted by molar-refractivity contribution is -0.161. The van der Waals surface area contributed by atoms with Gasteiger partial charge in [0.1, 0.15) is 19.3 Å². The van der Waals surface area contributed by atoms with E-state index in [4.69, 9.17) is 37.0 Å². The van der Waals surface area contributed by atoms with E-state index in [2.05, 4.69) is 34.6 Å². The third kappa shape index (κ3) is 76.1. The molecule has 0 rings (SSSR count). The minimum atomic E-state index is -4.96. The summed E-state index contributed by atoms with van der Waals surface area (Å²) in [5, 5.41) is 10.6. The monoisotopic (exact) mass is 1480 g/mol. The van der Waals surface area contributed by atoms with Crippen molar-refractivity contribution in [3.8, 4) is 0 Å². The first-order valence-corrected chi connectivity index (χ1v) is 45.6. The Morgan fingerprint density at radius 1 is 0.267 bits per heavy atom. The second kappa shape index (κ2) is 74.9. The van der Waals surface area contributed by atoms with Crippen LogP contribution in [0, 0.1) is 5.92 Å². The van der Waals surface area contributed by atoms with Gasteiger partial charge in [-0.1, -0.05) is 388 Å². The van der Waals surface area contributed by atoms with E-state index >= 15 is 0 Å². The summed E-state index contributed by atoms with van der Waals surface area (Å²) >= 11 is 0. The standard InChI is InChI=1S/C82H160O17P2/c1-6-9-12-15-18-20-22-24-26-28-30-32-34-36-38-40-42-44-46-51-56-61-66-80(85)93-72-78(98-81(86)67-62-57-52-47-45-43-41-39-37-35-33-31-29-27-25-23-21-19-16-13-10-7-2)74-97-101(90,91)95-70-76(83)69-94-100(88,89)96-73-77(71-92-79(84)65-60-55-49-17-14-11-8-3)99-82(87)68-63-58-53-48-50-54-59-64-75(4)5/h75-78,83H,6-74H2,1-5H3,(H,88,89)(H,90,91)/t76-,77+,78+/m0/s1. The lowest BCUT2D eigenvalue weighted by Gasteiger charge is -2.21. The molecular formula is C82H160O17P2. The van der Waals surface area contributed by atoms with Crippen LogP contribution < -0.4 is 0 Å². The van der Waals surface area contributed by atoms with Crippen molar-refractivity contribution in [3.63, 3.8) is 0 Å². The molecule has 0 heterocycles. The normalized spacial score (nSPS) is 13.8. The largest absolute Gasteiger partial charge is 0.472 e. The molecule has 0 saturated heterocycles. The Labute approximate surface area is 619 Å². The first-order valence-electron chi connectivity index (χ1n) is 42.6. The Morgan fingerprint density at radius 3 is 0.673 bits per heavy atom. The summed E-state index contributed by atoms with van der Waals surface area (Å²) in [5.41, 5.74) is 0. The fourth-order valence-electron chi connectivity index (χ4n) is 12.8. The Balaban J connectivity index is 5.11. The molecule has 0 amide bonds. The maximum atomic E-state index is 13.1. The van der Waals surface area contributed by atoms with Gasteiger partial charge in [-0.25, -0.2) is 9.13 Å². The van der Waals surface area contributed by atoms with Crippen molar-refractivity contribution in [1.29, 1.82) is 0 Å². The highest BCUT2D eigenvalue weighted by Gasteiger charge is 2.30. The number of ether oxygens (including phenoxy) is 4. The number of unbranched alkanes of at least 4 members (excludes halogenated alkanes) is 54. The van der Waals surface area contributed by atoms with Crippen molar-refractivity contribution in [2.45, 2.75) is 457 Å². The molecule has 0 aliphatic carbocycles. The molecule has 101 heavy (non-hydrogen) atoms. The molecule has 0 bridgehead atoms. The van der Waals surface area contributed by atoms with Crippen LogP contribution in [0.3, 0.4) is 0 Å². The number of hydrogen-bond donors (Lipinski definition) is 3. The Kier molecular flexibility index (Phi) is 73.5. The first-order chi connectivity index (χ1) is 49.0. The second-order valence-electron chi connectivity index (χ2n) is 30.0. The molecule has 17 nitrogen and oxygen atoms in total. The molecule has 600 valence electrons. The lowest BCUT2D eigenvalue weighted by Crippen LogP contribution is -2.30. The molecule has 0 spiro atoms. The molecular weight excluding hydrogens is 1320 g/mol. The van der Waals surface area contributed by atoms with Crippen LogP contribution in [-0.2, 0) is 65.4 Å². The Morgan fingerprint density at radius 2 is 0.455 bits per heavy atom. The van der Waals surface area contributed by atoms with Crippen LogP contribution in [0.2, 0.25) is 0 Å². The number of hydrogen-bond acceptors (Lipinski definition) is 15. The van der Waals surface area contributed by atoms with Gasteiger partial charge in [0.15, 0.2) is 12.2 Å². The molecule has 0 fully saturated rings. The number of phosphoric ester groups is 2. The summed E-state index contributed by atoms with van der Waals surface area (Å²) in [6, 6.07) is 0. The van der Waals surface area contributed by atoms with Gasteiger partial charge in [-0.3, -0.25) is 37.3 Å². The Bertz CT molecular complexity index is 1930. The number of esters is 4. The Hall–Kier alpha value is -1.94. The molecule has 0 aliphatic rings.